The maximum atomic E-state index is 12.7. The van der Waals surface area contributed by atoms with Gasteiger partial charge in [-0.05, 0) is 32.4 Å². The van der Waals surface area contributed by atoms with Gasteiger partial charge in [0.1, 0.15) is 10.5 Å². The van der Waals surface area contributed by atoms with Gasteiger partial charge in [0.05, 0.1) is 14.2 Å². The highest BCUT2D eigenvalue weighted by molar-refractivity contribution is 7.89. The maximum absolute atomic E-state index is 12.7. The van der Waals surface area contributed by atoms with Crippen molar-refractivity contribution in [3.05, 3.63) is 22.7 Å². The number of methoxy groups -OCH3 is 2. The Kier molecular flexibility index (Phi) is 6.81. The fourth-order valence-corrected chi connectivity index (χ4v) is 4.07. The molecule has 1 aromatic carbocycles. The molecule has 0 atom stereocenters. The molecular weight excluding hydrogens is 374 g/mol. The zero-order valence-electron chi connectivity index (χ0n) is 14.3. The van der Waals surface area contributed by atoms with Gasteiger partial charge in [-0.15, -0.1) is 0 Å². The first kappa shape index (κ1) is 21.2. The Bertz CT molecular complexity index is 774. The third kappa shape index (κ3) is 5.58. The zero-order valence-corrected chi connectivity index (χ0v) is 15.8. The van der Waals surface area contributed by atoms with Crippen molar-refractivity contribution in [3.63, 3.8) is 0 Å². The van der Waals surface area contributed by atoms with Crippen molar-refractivity contribution in [2.24, 2.45) is 0 Å². The summed E-state index contributed by atoms with van der Waals surface area (Å²) in [5.74, 6) is -2.06. The summed E-state index contributed by atoms with van der Waals surface area (Å²) in [6, 6.07) is 2.38. The Morgan fingerprint density at radius 1 is 1.28 bits per heavy atom. The molecule has 0 fully saturated rings. The van der Waals surface area contributed by atoms with E-state index in [0.717, 1.165) is 13.2 Å². The summed E-state index contributed by atoms with van der Waals surface area (Å²) < 4.78 is 37.6. The first-order chi connectivity index (χ1) is 11.4. The second-order valence-corrected chi connectivity index (χ2v) is 7.95. The number of carbonyl (C=O) groups excluding carboxylic acids is 1. The first-order valence-electron chi connectivity index (χ1n) is 7.15. The lowest BCUT2D eigenvalue weighted by molar-refractivity contribution is -0.137. The van der Waals surface area contributed by atoms with E-state index in [0.29, 0.717) is 0 Å². The minimum atomic E-state index is -4.16. The normalized spacial score (nSPS) is 11.9. The van der Waals surface area contributed by atoms with Crippen molar-refractivity contribution in [3.8, 4) is 5.75 Å². The Balaban J connectivity index is 3.36. The average molecular weight is 394 g/mol. The number of carboxylic acids is 1. The van der Waals surface area contributed by atoms with Crippen LogP contribution in [0, 0.1) is 0 Å². The fourth-order valence-electron chi connectivity index (χ4n) is 2.13. The molecule has 0 aliphatic carbocycles. The lowest BCUT2D eigenvalue weighted by atomic mass is 10.0. The van der Waals surface area contributed by atoms with E-state index in [1.54, 1.807) is 13.8 Å². The number of carboxylic acid groups (broad SMARTS) is 1. The zero-order chi connectivity index (χ0) is 19.4. The summed E-state index contributed by atoms with van der Waals surface area (Å²) in [5, 5.41) is 8.77. The first-order valence-corrected chi connectivity index (χ1v) is 9.01. The van der Waals surface area contributed by atoms with E-state index in [9.17, 15) is 18.0 Å². The number of hydrogen-bond acceptors (Lipinski definition) is 6. The van der Waals surface area contributed by atoms with Crippen LogP contribution in [-0.2, 0) is 19.6 Å². The highest BCUT2D eigenvalue weighted by atomic mass is 35.5. The molecule has 25 heavy (non-hydrogen) atoms. The minimum absolute atomic E-state index is 0.00455. The predicted molar refractivity (Wildman–Crippen MR) is 90.6 cm³/mol. The molecule has 0 aliphatic rings. The van der Waals surface area contributed by atoms with Crippen molar-refractivity contribution in [2.75, 3.05) is 14.2 Å². The number of benzene rings is 1. The summed E-state index contributed by atoms with van der Waals surface area (Å²) in [5.41, 5.74) is -1.18. The van der Waals surface area contributed by atoms with Crippen molar-refractivity contribution < 1.29 is 32.6 Å². The van der Waals surface area contributed by atoms with Gasteiger partial charge in [-0.1, -0.05) is 11.6 Å². The van der Waals surface area contributed by atoms with Crippen LogP contribution in [0.15, 0.2) is 17.0 Å². The van der Waals surface area contributed by atoms with E-state index < -0.39 is 27.5 Å². The molecular formula is C15H20ClNO7S. The van der Waals surface area contributed by atoms with Gasteiger partial charge in [0.15, 0.2) is 5.75 Å². The van der Waals surface area contributed by atoms with Crippen LogP contribution in [0.25, 0.3) is 0 Å². The maximum Gasteiger partial charge on any atom is 0.341 e. The van der Waals surface area contributed by atoms with Crippen LogP contribution in [0.4, 0.5) is 0 Å². The van der Waals surface area contributed by atoms with Crippen LogP contribution in [0.2, 0.25) is 5.02 Å². The van der Waals surface area contributed by atoms with Crippen LogP contribution in [-0.4, -0.2) is 45.2 Å². The second kappa shape index (κ2) is 8.03. The number of carbonyl (C=O) groups is 2. The molecule has 1 aromatic rings. The molecule has 0 aromatic heterocycles. The molecule has 2 N–H and O–H groups in total. The molecule has 0 aliphatic heterocycles. The van der Waals surface area contributed by atoms with E-state index >= 15 is 0 Å². The van der Waals surface area contributed by atoms with Crippen LogP contribution in [0.1, 0.15) is 37.0 Å². The van der Waals surface area contributed by atoms with Gasteiger partial charge >= 0.3 is 11.9 Å². The van der Waals surface area contributed by atoms with E-state index in [2.05, 4.69) is 9.46 Å². The monoisotopic (exact) mass is 393 g/mol. The molecule has 8 nitrogen and oxygen atoms in total. The van der Waals surface area contributed by atoms with E-state index in [1.165, 1.54) is 13.2 Å². The molecule has 0 spiro atoms. The van der Waals surface area contributed by atoms with Gasteiger partial charge in [-0.3, -0.25) is 4.79 Å². The molecule has 0 bridgehead atoms. The quantitative estimate of drug-likeness (QED) is 0.648. The highest BCUT2D eigenvalue weighted by Gasteiger charge is 2.31. The molecule has 0 amide bonds. The number of hydrogen-bond donors (Lipinski definition) is 2. The summed E-state index contributed by atoms with van der Waals surface area (Å²) in [4.78, 5) is 22.2. The van der Waals surface area contributed by atoms with Crippen molar-refractivity contribution in [1.82, 2.24) is 4.72 Å². The Morgan fingerprint density at radius 2 is 1.88 bits per heavy atom. The Hall–Kier alpha value is -1.84. The standard InChI is InChI=1S/C15H20ClNO7S/c1-15(2,6-5-12(18)19)17-25(21,22)11-8-9(16)7-10(13(11)23-3)14(20)24-4/h7-8,17H,5-6H2,1-4H3,(H,18,19). The smallest absolute Gasteiger partial charge is 0.341 e. The molecule has 0 saturated carbocycles. The van der Waals surface area contributed by atoms with Gasteiger partial charge in [0, 0.05) is 17.0 Å². The number of esters is 1. The fraction of sp³-hybridized carbons (Fsp3) is 0.467. The van der Waals surface area contributed by atoms with Gasteiger partial charge < -0.3 is 14.6 Å². The summed E-state index contributed by atoms with van der Waals surface area (Å²) in [6.07, 6.45) is -0.149. The van der Waals surface area contributed by atoms with Crippen molar-refractivity contribution >= 4 is 33.6 Å². The third-order valence-electron chi connectivity index (χ3n) is 3.29. The molecule has 0 radical (unpaired) electrons. The number of nitrogens with one attached hydrogen (secondary N) is 1. The lowest BCUT2D eigenvalue weighted by Gasteiger charge is -2.26. The van der Waals surface area contributed by atoms with Crippen LogP contribution in [0.5, 0.6) is 5.75 Å². The number of rotatable bonds is 8. The number of aliphatic carboxylic acids is 1. The van der Waals surface area contributed by atoms with Gasteiger partial charge in [-0.2, -0.15) is 0 Å². The van der Waals surface area contributed by atoms with Crippen molar-refractivity contribution in [1.29, 1.82) is 0 Å². The summed E-state index contributed by atoms with van der Waals surface area (Å²) >= 11 is 5.93. The minimum Gasteiger partial charge on any atom is -0.494 e. The Labute approximate surface area is 151 Å². The summed E-state index contributed by atoms with van der Waals surface area (Å²) in [6.45, 7) is 3.09. The molecule has 0 unspecified atom stereocenters. The van der Waals surface area contributed by atoms with E-state index in [-0.39, 0.29) is 34.1 Å². The lowest BCUT2D eigenvalue weighted by Crippen LogP contribution is -2.43. The van der Waals surface area contributed by atoms with Crippen LogP contribution < -0.4 is 9.46 Å². The molecule has 10 heteroatoms. The van der Waals surface area contributed by atoms with E-state index in [4.69, 9.17) is 21.4 Å². The van der Waals surface area contributed by atoms with Crippen molar-refractivity contribution in [2.45, 2.75) is 37.1 Å². The highest BCUT2D eigenvalue weighted by Crippen LogP contribution is 2.33. The number of sulfonamides is 1. The largest absolute Gasteiger partial charge is 0.494 e. The summed E-state index contributed by atoms with van der Waals surface area (Å²) in [7, 11) is -1.80. The molecule has 140 valence electrons. The third-order valence-corrected chi connectivity index (χ3v) is 5.21. The topological polar surface area (TPSA) is 119 Å². The van der Waals surface area contributed by atoms with Gasteiger partial charge in [-0.25, -0.2) is 17.9 Å². The van der Waals surface area contributed by atoms with Crippen LogP contribution in [0.3, 0.4) is 0 Å². The van der Waals surface area contributed by atoms with Crippen LogP contribution >= 0.6 is 11.6 Å². The molecule has 0 heterocycles. The SMILES string of the molecule is COC(=O)c1cc(Cl)cc(S(=O)(=O)NC(C)(C)CCC(=O)O)c1OC. The second-order valence-electron chi connectivity index (χ2n) is 5.86. The average Bonchev–Trinajstić information content (AvgIpc) is 2.50. The van der Waals surface area contributed by atoms with Gasteiger partial charge in [0.2, 0.25) is 10.0 Å². The van der Waals surface area contributed by atoms with E-state index in [1.807, 2.05) is 0 Å². The predicted octanol–water partition coefficient (Wildman–Crippen LogP) is 2.06. The van der Waals surface area contributed by atoms with Gasteiger partial charge in [0.25, 0.3) is 0 Å². The number of ether oxygens (including phenoxy) is 2. The molecule has 1 rings (SSSR count). The number of halogens is 1. The molecule has 0 saturated heterocycles. The Morgan fingerprint density at radius 3 is 2.36 bits per heavy atom.